The van der Waals surface area contributed by atoms with E-state index >= 15 is 0 Å². The zero-order valence-corrected chi connectivity index (χ0v) is 16.4. The number of aliphatic hydroxyl groups excluding tert-OH is 2. The van der Waals surface area contributed by atoms with Gasteiger partial charge in [0.05, 0.1) is 13.2 Å². The molecule has 0 spiro atoms. The molecule has 6 heteroatoms. The first-order valence-electron chi connectivity index (χ1n) is 9.46. The average molecular weight is 388 g/mol. The van der Waals surface area contributed by atoms with Crippen LogP contribution in [0.3, 0.4) is 0 Å². The minimum absolute atomic E-state index is 0.154. The Labute approximate surface area is 165 Å². The minimum atomic E-state index is -0.696. The monoisotopic (exact) mass is 388 g/mol. The summed E-state index contributed by atoms with van der Waals surface area (Å²) in [5, 5.41) is 21.9. The van der Waals surface area contributed by atoms with Crippen LogP contribution in [0.4, 0.5) is 0 Å². The number of allylic oxidation sites excluding steroid dienone is 2. The normalized spacial score (nSPS) is 15.3. The molecule has 1 aliphatic rings. The smallest absolute Gasteiger partial charge is 0.131 e. The fraction of sp³-hybridized carbons (Fsp3) is 0.455. The molecule has 6 nitrogen and oxygen atoms in total. The van der Waals surface area contributed by atoms with Crippen molar-refractivity contribution < 1.29 is 29.2 Å². The van der Waals surface area contributed by atoms with Crippen molar-refractivity contribution in [1.82, 2.24) is 0 Å². The quantitative estimate of drug-likeness (QED) is 0.608. The van der Waals surface area contributed by atoms with E-state index in [0.717, 1.165) is 46.2 Å². The standard InChI is InChI=1S/C22H28O6/c1-25-11-15(23)13-27-21-17-7-3-5-9-19(17)22(28-14-16(24)12-26-2)20-10-6-4-8-18(20)21/h3-7,9,15-16,23-24H,8,10-14H2,1-2H3. The van der Waals surface area contributed by atoms with E-state index < -0.39 is 12.2 Å². The van der Waals surface area contributed by atoms with E-state index in [1.807, 2.05) is 24.3 Å². The van der Waals surface area contributed by atoms with Crippen LogP contribution in [-0.4, -0.2) is 63.1 Å². The van der Waals surface area contributed by atoms with Gasteiger partial charge in [-0.05, 0) is 12.8 Å². The summed E-state index contributed by atoms with van der Waals surface area (Å²) in [5.74, 6) is 1.55. The fourth-order valence-electron chi connectivity index (χ4n) is 3.48. The van der Waals surface area contributed by atoms with Crippen LogP contribution in [0.15, 0.2) is 36.4 Å². The SMILES string of the molecule is COCC(O)COc1c2c(c(OCC(O)COC)c3ccccc13)CC=CC2. The predicted octanol–water partition coefficient (Wildman–Crippen LogP) is 2.27. The second kappa shape index (κ2) is 9.89. The summed E-state index contributed by atoms with van der Waals surface area (Å²) in [6.45, 7) is 0.749. The fourth-order valence-corrected chi connectivity index (χ4v) is 3.48. The van der Waals surface area contributed by atoms with Crippen LogP contribution >= 0.6 is 0 Å². The lowest BCUT2D eigenvalue weighted by Crippen LogP contribution is -2.24. The molecule has 2 atom stereocenters. The molecule has 28 heavy (non-hydrogen) atoms. The molecule has 0 aliphatic heterocycles. The van der Waals surface area contributed by atoms with Crippen LogP contribution in [0.1, 0.15) is 11.1 Å². The Hall–Kier alpha value is -2.12. The Morgan fingerprint density at radius 1 is 0.750 bits per heavy atom. The molecule has 0 radical (unpaired) electrons. The first kappa shape index (κ1) is 20.6. The van der Waals surface area contributed by atoms with E-state index in [2.05, 4.69) is 12.2 Å². The van der Waals surface area contributed by atoms with Crippen LogP contribution in [-0.2, 0) is 22.3 Å². The number of benzene rings is 2. The van der Waals surface area contributed by atoms with Crippen molar-refractivity contribution in [2.75, 3.05) is 40.6 Å². The lowest BCUT2D eigenvalue weighted by Gasteiger charge is -2.24. The third kappa shape index (κ3) is 4.64. The zero-order chi connectivity index (χ0) is 19.9. The highest BCUT2D eigenvalue weighted by Crippen LogP contribution is 2.43. The molecule has 2 aromatic rings. The average Bonchev–Trinajstić information content (AvgIpc) is 2.71. The van der Waals surface area contributed by atoms with Crippen molar-refractivity contribution in [3.8, 4) is 11.5 Å². The van der Waals surface area contributed by atoms with Gasteiger partial charge in [-0.25, -0.2) is 0 Å². The lowest BCUT2D eigenvalue weighted by atomic mass is 9.90. The Kier molecular flexibility index (Phi) is 7.28. The van der Waals surface area contributed by atoms with E-state index in [9.17, 15) is 10.2 Å². The zero-order valence-electron chi connectivity index (χ0n) is 16.4. The lowest BCUT2D eigenvalue weighted by molar-refractivity contribution is 0.0318. The highest BCUT2D eigenvalue weighted by Gasteiger charge is 2.23. The van der Waals surface area contributed by atoms with Crippen LogP contribution in [0.5, 0.6) is 11.5 Å². The highest BCUT2D eigenvalue weighted by atomic mass is 16.5. The Balaban J connectivity index is 1.99. The van der Waals surface area contributed by atoms with Gasteiger partial charge >= 0.3 is 0 Å². The number of methoxy groups -OCH3 is 2. The number of fused-ring (bicyclic) bond motifs is 2. The molecular weight excluding hydrogens is 360 g/mol. The topological polar surface area (TPSA) is 77.4 Å². The van der Waals surface area contributed by atoms with E-state index in [0.29, 0.717) is 0 Å². The van der Waals surface area contributed by atoms with Crippen molar-refractivity contribution in [1.29, 1.82) is 0 Å². The number of ether oxygens (including phenoxy) is 4. The summed E-state index contributed by atoms with van der Waals surface area (Å²) >= 11 is 0. The number of aliphatic hydroxyl groups is 2. The second-order valence-electron chi connectivity index (χ2n) is 6.88. The van der Waals surface area contributed by atoms with Crippen LogP contribution in [0.25, 0.3) is 10.8 Å². The van der Waals surface area contributed by atoms with E-state index in [-0.39, 0.29) is 26.4 Å². The molecule has 2 aromatic carbocycles. The van der Waals surface area contributed by atoms with Gasteiger partial charge < -0.3 is 29.2 Å². The van der Waals surface area contributed by atoms with E-state index in [1.54, 1.807) is 14.2 Å². The molecule has 0 amide bonds. The largest absolute Gasteiger partial charge is 0.490 e. The summed E-state index contributed by atoms with van der Waals surface area (Å²) in [4.78, 5) is 0. The number of hydrogen-bond donors (Lipinski definition) is 2. The molecule has 2 N–H and O–H groups in total. The molecule has 2 unspecified atom stereocenters. The number of hydrogen-bond acceptors (Lipinski definition) is 6. The molecule has 152 valence electrons. The maximum atomic E-state index is 10.0. The minimum Gasteiger partial charge on any atom is -0.490 e. The molecule has 0 saturated carbocycles. The summed E-state index contributed by atoms with van der Waals surface area (Å²) in [5.41, 5.74) is 2.11. The van der Waals surface area contributed by atoms with Crippen molar-refractivity contribution in [3.63, 3.8) is 0 Å². The van der Waals surface area contributed by atoms with Gasteiger partial charge in [0.1, 0.15) is 36.9 Å². The summed E-state index contributed by atoms with van der Waals surface area (Å²) < 4.78 is 22.1. The van der Waals surface area contributed by atoms with Crippen LogP contribution in [0.2, 0.25) is 0 Å². The molecule has 0 fully saturated rings. The van der Waals surface area contributed by atoms with Crippen LogP contribution < -0.4 is 9.47 Å². The van der Waals surface area contributed by atoms with Crippen molar-refractivity contribution in [2.24, 2.45) is 0 Å². The van der Waals surface area contributed by atoms with Gasteiger partial charge in [-0.3, -0.25) is 0 Å². The van der Waals surface area contributed by atoms with Crippen molar-refractivity contribution >= 4 is 10.8 Å². The van der Waals surface area contributed by atoms with Crippen molar-refractivity contribution in [2.45, 2.75) is 25.0 Å². The maximum absolute atomic E-state index is 10.0. The van der Waals surface area contributed by atoms with Gasteiger partial charge in [0.2, 0.25) is 0 Å². The van der Waals surface area contributed by atoms with Gasteiger partial charge in [0.15, 0.2) is 0 Å². The Morgan fingerprint density at radius 2 is 1.18 bits per heavy atom. The number of rotatable bonds is 10. The molecule has 0 aromatic heterocycles. The third-order valence-corrected chi connectivity index (χ3v) is 4.70. The molecule has 1 aliphatic carbocycles. The second-order valence-corrected chi connectivity index (χ2v) is 6.88. The van der Waals surface area contributed by atoms with E-state index in [1.165, 1.54) is 0 Å². The highest BCUT2D eigenvalue weighted by molar-refractivity contribution is 5.96. The summed E-state index contributed by atoms with van der Waals surface area (Å²) in [6.07, 6.45) is 4.29. The molecule has 0 heterocycles. The molecule has 3 rings (SSSR count). The Morgan fingerprint density at radius 3 is 1.57 bits per heavy atom. The van der Waals surface area contributed by atoms with Crippen LogP contribution in [0, 0.1) is 0 Å². The van der Waals surface area contributed by atoms with Gasteiger partial charge in [-0.2, -0.15) is 0 Å². The Bertz CT molecular complexity index is 750. The van der Waals surface area contributed by atoms with Gasteiger partial charge in [0, 0.05) is 36.1 Å². The summed E-state index contributed by atoms with van der Waals surface area (Å²) in [6, 6.07) is 7.89. The van der Waals surface area contributed by atoms with E-state index in [4.69, 9.17) is 18.9 Å². The maximum Gasteiger partial charge on any atom is 0.131 e. The van der Waals surface area contributed by atoms with Crippen molar-refractivity contribution in [3.05, 3.63) is 47.5 Å². The first-order chi connectivity index (χ1) is 13.7. The first-order valence-corrected chi connectivity index (χ1v) is 9.46. The molecular formula is C22H28O6. The van der Waals surface area contributed by atoms with Gasteiger partial charge in [-0.15, -0.1) is 0 Å². The van der Waals surface area contributed by atoms with Gasteiger partial charge in [0.25, 0.3) is 0 Å². The van der Waals surface area contributed by atoms with Gasteiger partial charge in [-0.1, -0.05) is 36.4 Å². The molecule has 0 bridgehead atoms. The third-order valence-electron chi connectivity index (χ3n) is 4.70. The predicted molar refractivity (Wildman–Crippen MR) is 107 cm³/mol. The summed E-state index contributed by atoms with van der Waals surface area (Å²) in [7, 11) is 3.10. The molecule has 0 saturated heterocycles.